The van der Waals surface area contributed by atoms with Crippen LogP contribution >= 0.6 is 0 Å². The van der Waals surface area contributed by atoms with Crippen LogP contribution in [-0.4, -0.2) is 0 Å². The molecule has 2 rings (SSSR count). The van der Waals surface area contributed by atoms with Gasteiger partial charge in [0.2, 0.25) is 0 Å². The zero-order chi connectivity index (χ0) is 12.1. The quantitative estimate of drug-likeness (QED) is 0.629. The minimum absolute atomic E-state index is 0.700. The predicted octanol–water partition coefficient (Wildman–Crippen LogP) is 5.31. The maximum Gasteiger partial charge on any atom is 0.107 e. The van der Waals surface area contributed by atoms with Gasteiger partial charge in [0.05, 0.1) is 0 Å². The molecule has 1 heterocycles. The second kappa shape index (κ2) is 6.28. The number of furan rings is 1. The molecule has 0 aliphatic heterocycles. The molecule has 0 amide bonds. The molecule has 1 aromatic rings. The predicted molar refractivity (Wildman–Crippen MR) is 72.3 cm³/mol. The van der Waals surface area contributed by atoms with Crippen LogP contribution in [0.25, 0.3) is 0 Å². The zero-order valence-corrected chi connectivity index (χ0v) is 11.4. The van der Waals surface area contributed by atoms with E-state index in [9.17, 15) is 0 Å². The van der Waals surface area contributed by atoms with Crippen molar-refractivity contribution in [2.45, 2.75) is 71.1 Å². The highest BCUT2D eigenvalue weighted by molar-refractivity contribution is 5.12. The van der Waals surface area contributed by atoms with Crippen LogP contribution in [0, 0.1) is 5.92 Å². The third-order valence-electron chi connectivity index (χ3n) is 4.13. The fourth-order valence-electron chi connectivity index (χ4n) is 2.84. The van der Waals surface area contributed by atoms with Gasteiger partial charge in [-0.05, 0) is 37.3 Å². The standard InChI is InChI=1S/C16H26O/c1-3-4-5-6-15-11-12-16(17-15)14-9-7-13(2)8-10-14/h11-14H,3-10H2,1-2H3. The Morgan fingerprint density at radius 2 is 1.88 bits per heavy atom. The summed E-state index contributed by atoms with van der Waals surface area (Å²) in [6, 6.07) is 4.42. The number of hydrogen-bond donors (Lipinski definition) is 0. The molecule has 0 N–H and O–H groups in total. The Morgan fingerprint density at radius 1 is 1.12 bits per heavy atom. The van der Waals surface area contributed by atoms with Gasteiger partial charge < -0.3 is 4.42 Å². The van der Waals surface area contributed by atoms with E-state index in [0.717, 1.165) is 12.3 Å². The van der Waals surface area contributed by atoms with E-state index in [1.165, 1.54) is 56.5 Å². The lowest BCUT2D eigenvalue weighted by molar-refractivity contribution is 0.308. The van der Waals surface area contributed by atoms with Crippen LogP contribution in [-0.2, 0) is 6.42 Å². The zero-order valence-electron chi connectivity index (χ0n) is 11.4. The first kappa shape index (κ1) is 12.7. The Balaban J connectivity index is 1.85. The fourth-order valence-corrected chi connectivity index (χ4v) is 2.84. The van der Waals surface area contributed by atoms with Gasteiger partial charge in [-0.25, -0.2) is 0 Å². The molecule has 1 aliphatic carbocycles. The van der Waals surface area contributed by atoms with Gasteiger partial charge in [0, 0.05) is 12.3 Å². The van der Waals surface area contributed by atoms with E-state index in [-0.39, 0.29) is 0 Å². The number of aryl methyl sites for hydroxylation is 1. The highest BCUT2D eigenvalue weighted by Crippen LogP contribution is 2.36. The molecule has 0 spiro atoms. The van der Waals surface area contributed by atoms with E-state index in [2.05, 4.69) is 26.0 Å². The van der Waals surface area contributed by atoms with Crippen molar-refractivity contribution in [2.75, 3.05) is 0 Å². The van der Waals surface area contributed by atoms with Crippen molar-refractivity contribution in [3.05, 3.63) is 23.7 Å². The molecule has 1 fully saturated rings. The fraction of sp³-hybridized carbons (Fsp3) is 0.750. The van der Waals surface area contributed by atoms with E-state index < -0.39 is 0 Å². The third kappa shape index (κ3) is 3.62. The molecular formula is C16H26O. The molecular weight excluding hydrogens is 208 g/mol. The molecule has 1 aromatic heterocycles. The van der Waals surface area contributed by atoms with E-state index in [0.29, 0.717) is 5.92 Å². The summed E-state index contributed by atoms with van der Waals surface area (Å²) in [6.45, 7) is 4.62. The van der Waals surface area contributed by atoms with Crippen molar-refractivity contribution in [2.24, 2.45) is 5.92 Å². The summed E-state index contributed by atoms with van der Waals surface area (Å²) in [4.78, 5) is 0. The normalized spacial score (nSPS) is 25.1. The van der Waals surface area contributed by atoms with Crippen molar-refractivity contribution >= 4 is 0 Å². The minimum atomic E-state index is 0.700. The average Bonchev–Trinajstić information content (AvgIpc) is 2.79. The molecule has 0 bridgehead atoms. The van der Waals surface area contributed by atoms with Crippen LogP contribution in [0.4, 0.5) is 0 Å². The van der Waals surface area contributed by atoms with Gasteiger partial charge in [-0.3, -0.25) is 0 Å². The van der Waals surface area contributed by atoms with Gasteiger partial charge in [-0.2, -0.15) is 0 Å². The maximum atomic E-state index is 6.00. The summed E-state index contributed by atoms with van der Waals surface area (Å²) in [5, 5.41) is 0. The lowest BCUT2D eigenvalue weighted by Crippen LogP contribution is -2.10. The summed E-state index contributed by atoms with van der Waals surface area (Å²) < 4.78 is 6.00. The van der Waals surface area contributed by atoms with Crippen LogP contribution in [0.5, 0.6) is 0 Å². The first-order valence-electron chi connectivity index (χ1n) is 7.38. The second-order valence-electron chi connectivity index (χ2n) is 5.72. The van der Waals surface area contributed by atoms with E-state index >= 15 is 0 Å². The van der Waals surface area contributed by atoms with Gasteiger partial charge >= 0.3 is 0 Å². The SMILES string of the molecule is CCCCCc1ccc(C2CCC(C)CC2)o1. The topological polar surface area (TPSA) is 13.1 Å². The molecule has 0 atom stereocenters. The highest BCUT2D eigenvalue weighted by atomic mass is 16.3. The molecule has 0 radical (unpaired) electrons. The molecule has 1 saturated carbocycles. The molecule has 0 unspecified atom stereocenters. The van der Waals surface area contributed by atoms with Crippen LogP contribution < -0.4 is 0 Å². The van der Waals surface area contributed by atoms with Gasteiger partial charge in [0.15, 0.2) is 0 Å². The minimum Gasteiger partial charge on any atom is -0.466 e. The molecule has 1 heteroatoms. The Morgan fingerprint density at radius 3 is 2.59 bits per heavy atom. The van der Waals surface area contributed by atoms with Crippen LogP contribution in [0.1, 0.15) is 76.2 Å². The summed E-state index contributed by atoms with van der Waals surface area (Å²) in [5.41, 5.74) is 0. The molecule has 0 saturated heterocycles. The Labute approximate surface area is 106 Å². The first-order valence-corrected chi connectivity index (χ1v) is 7.38. The van der Waals surface area contributed by atoms with Crippen molar-refractivity contribution in [3.63, 3.8) is 0 Å². The van der Waals surface area contributed by atoms with Crippen molar-refractivity contribution < 1.29 is 4.42 Å². The van der Waals surface area contributed by atoms with Gasteiger partial charge in [0.25, 0.3) is 0 Å². The summed E-state index contributed by atoms with van der Waals surface area (Å²) >= 11 is 0. The summed E-state index contributed by atoms with van der Waals surface area (Å²) in [6.07, 6.45) is 10.4. The first-order chi connectivity index (χ1) is 8.29. The number of rotatable bonds is 5. The van der Waals surface area contributed by atoms with Gasteiger partial charge in [-0.1, -0.05) is 39.5 Å². The molecule has 96 valence electrons. The summed E-state index contributed by atoms with van der Waals surface area (Å²) in [5.74, 6) is 4.08. The van der Waals surface area contributed by atoms with Gasteiger partial charge in [-0.15, -0.1) is 0 Å². The molecule has 1 aliphatic rings. The Kier molecular flexibility index (Phi) is 4.70. The van der Waals surface area contributed by atoms with Crippen LogP contribution in [0.3, 0.4) is 0 Å². The average molecular weight is 234 g/mol. The number of unbranched alkanes of at least 4 members (excludes halogenated alkanes) is 2. The van der Waals surface area contributed by atoms with E-state index in [4.69, 9.17) is 4.42 Å². The monoisotopic (exact) mass is 234 g/mol. The largest absolute Gasteiger partial charge is 0.466 e. The Hall–Kier alpha value is -0.720. The van der Waals surface area contributed by atoms with E-state index in [1.807, 2.05) is 0 Å². The molecule has 0 aromatic carbocycles. The second-order valence-corrected chi connectivity index (χ2v) is 5.72. The van der Waals surface area contributed by atoms with Crippen LogP contribution in [0.2, 0.25) is 0 Å². The number of hydrogen-bond acceptors (Lipinski definition) is 1. The van der Waals surface area contributed by atoms with E-state index in [1.54, 1.807) is 0 Å². The van der Waals surface area contributed by atoms with Crippen LogP contribution in [0.15, 0.2) is 16.5 Å². The lowest BCUT2D eigenvalue weighted by atomic mass is 9.82. The van der Waals surface area contributed by atoms with Gasteiger partial charge in [0.1, 0.15) is 11.5 Å². The summed E-state index contributed by atoms with van der Waals surface area (Å²) in [7, 11) is 0. The van der Waals surface area contributed by atoms with Crippen molar-refractivity contribution in [1.82, 2.24) is 0 Å². The lowest BCUT2D eigenvalue weighted by Gasteiger charge is -2.24. The third-order valence-corrected chi connectivity index (χ3v) is 4.13. The maximum absolute atomic E-state index is 6.00. The van der Waals surface area contributed by atoms with Crippen molar-refractivity contribution in [1.29, 1.82) is 0 Å². The smallest absolute Gasteiger partial charge is 0.107 e. The highest BCUT2D eigenvalue weighted by Gasteiger charge is 2.22. The molecule has 17 heavy (non-hydrogen) atoms. The Bertz CT molecular complexity index is 318. The molecule has 1 nitrogen and oxygen atoms in total. The van der Waals surface area contributed by atoms with Crippen molar-refractivity contribution in [3.8, 4) is 0 Å².